The Morgan fingerprint density at radius 2 is 2.11 bits per heavy atom. The first-order chi connectivity index (χ1) is 8.91. The molecule has 4 atom stereocenters. The van der Waals surface area contributed by atoms with Crippen LogP contribution >= 0.6 is 0 Å². The Balaban J connectivity index is 1.63. The average molecular weight is 238 g/mol. The number of hydrogen-bond acceptors (Lipinski definition) is 1. The topological polar surface area (TPSA) is 9.23 Å². The number of benzene rings is 1. The van der Waals surface area contributed by atoms with Crippen LogP contribution in [0.3, 0.4) is 0 Å². The van der Waals surface area contributed by atoms with Crippen molar-refractivity contribution in [3.63, 3.8) is 0 Å². The second-order valence-electron chi connectivity index (χ2n) is 6.47. The zero-order valence-electron chi connectivity index (χ0n) is 10.6. The van der Waals surface area contributed by atoms with E-state index in [0.29, 0.717) is 11.3 Å². The summed E-state index contributed by atoms with van der Waals surface area (Å²) in [5.41, 5.74) is 3.61. The predicted octanol–water partition coefficient (Wildman–Crippen LogP) is 3.90. The summed E-state index contributed by atoms with van der Waals surface area (Å²) in [6.07, 6.45) is 8.41. The highest BCUT2D eigenvalue weighted by Crippen LogP contribution is 2.77. The molecule has 1 nitrogen and oxygen atoms in total. The van der Waals surface area contributed by atoms with Gasteiger partial charge in [0.05, 0.1) is 6.61 Å². The molecule has 1 unspecified atom stereocenters. The first-order valence-corrected chi connectivity index (χ1v) is 7.35. The van der Waals surface area contributed by atoms with Gasteiger partial charge in [-0.25, -0.2) is 0 Å². The van der Waals surface area contributed by atoms with E-state index in [1.807, 2.05) is 0 Å². The van der Waals surface area contributed by atoms with Crippen LogP contribution in [-0.4, -0.2) is 6.61 Å². The SMILES string of the molecule is C1=C2c3ccccc3OCC2[C@]23CCCC[C@H]2[C@H]13. The van der Waals surface area contributed by atoms with Crippen LogP contribution in [-0.2, 0) is 0 Å². The molecule has 0 bridgehead atoms. The van der Waals surface area contributed by atoms with E-state index >= 15 is 0 Å². The molecule has 1 aliphatic heterocycles. The van der Waals surface area contributed by atoms with Crippen LogP contribution in [0, 0.1) is 23.2 Å². The third kappa shape index (κ3) is 0.932. The van der Waals surface area contributed by atoms with Crippen molar-refractivity contribution >= 4 is 5.57 Å². The molecule has 5 rings (SSSR count). The third-order valence-electron chi connectivity index (χ3n) is 6.00. The van der Waals surface area contributed by atoms with Crippen molar-refractivity contribution in [1.29, 1.82) is 0 Å². The van der Waals surface area contributed by atoms with Crippen LogP contribution in [0.4, 0.5) is 0 Å². The minimum atomic E-state index is 0.626. The fourth-order valence-corrected chi connectivity index (χ4v) is 5.23. The van der Waals surface area contributed by atoms with Crippen molar-refractivity contribution in [2.75, 3.05) is 6.61 Å². The highest BCUT2D eigenvalue weighted by atomic mass is 16.5. The van der Waals surface area contributed by atoms with Gasteiger partial charge in [0.25, 0.3) is 0 Å². The van der Waals surface area contributed by atoms with E-state index in [4.69, 9.17) is 4.74 Å². The molecule has 1 spiro atoms. The summed E-state index contributed by atoms with van der Waals surface area (Å²) in [5, 5.41) is 0. The van der Waals surface area contributed by atoms with Gasteiger partial charge in [-0.05, 0) is 41.7 Å². The Morgan fingerprint density at radius 1 is 1.17 bits per heavy atom. The van der Waals surface area contributed by atoms with Gasteiger partial charge in [0.15, 0.2) is 0 Å². The van der Waals surface area contributed by atoms with Crippen molar-refractivity contribution in [1.82, 2.24) is 0 Å². The monoisotopic (exact) mass is 238 g/mol. The molecule has 1 aromatic carbocycles. The summed E-state index contributed by atoms with van der Waals surface area (Å²) in [5.74, 6) is 3.68. The Bertz CT molecular complexity index is 558. The molecular weight excluding hydrogens is 220 g/mol. The molecule has 18 heavy (non-hydrogen) atoms. The summed E-state index contributed by atoms with van der Waals surface area (Å²) in [7, 11) is 0. The number of fused-ring (bicyclic) bond motifs is 4. The fourth-order valence-electron chi connectivity index (χ4n) is 5.23. The van der Waals surface area contributed by atoms with E-state index in [1.54, 1.807) is 5.57 Å². The van der Waals surface area contributed by atoms with E-state index in [2.05, 4.69) is 30.3 Å². The molecule has 0 N–H and O–H groups in total. The van der Waals surface area contributed by atoms with Crippen LogP contribution in [0.1, 0.15) is 31.2 Å². The number of ether oxygens (including phenoxy) is 1. The van der Waals surface area contributed by atoms with Gasteiger partial charge < -0.3 is 4.74 Å². The lowest BCUT2D eigenvalue weighted by Gasteiger charge is -2.35. The first kappa shape index (κ1) is 9.66. The third-order valence-corrected chi connectivity index (χ3v) is 6.00. The first-order valence-electron chi connectivity index (χ1n) is 7.35. The largest absolute Gasteiger partial charge is 0.492 e. The zero-order valence-corrected chi connectivity index (χ0v) is 10.6. The molecule has 92 valence electrons. The van der Waals surface area contributed by atoms with Gasteiger partial charge in [0.2, 0.25) is 0 Å². The standard InChI is InChI=1S/C17H18O/c1-2-7-16-11(5-1)12-9-14-13-6-3-4-8-17(13,14)15(12)10-18-16/h1-2,5,7,9,13-15H,3-4,6,8,10H2/t13-,14-,15?,17+/m0/s1. The highest BCUT2D eigenvalue weighted by Gasteiger charge is 2.71. The van der Waals surface area contributed by atoms with Gasteiger partial charge >= 0.3 is 0 Å². The number of para-hydroxylation sites is 1. The highest BCUT2D eigenvalue weighted by molar-refractivity contribution is 5.78. The zero-order chi connectivity index (χ0) is 11.7. The molecule has 1 aromatic rings. The van der Waals surface area contributed by atoms with Gasteiger partial charge in [-0.1, -0.05) is 37.1 Å². The van der Waals surface area contributed by atoms with Crippen molar-refractivity contribution < 1.29 is 4.74 Å². The molecule has 4 aliphatic rings. The van der Waals surface area contributed by atoms with Crippen LogP contribution < -0.4 is 4.74 Å². The smallest absolute Gasteiger partial charge is 0.126 e. The Hall–Kier alpha value is -1.24. The van der Waals surface area contributed by atoms with Crippen LogP contribution in [0.5, 0.6) is 5.75 Å². The molecule has 0 saturated heterocycles. The molecule has 2 fully saturated rings. The maximum Gasteiger partial charge on any atom is 0.126 e. The van der Waals surface area contributed by atoms with E-state index in [1.165, 1.54) is 31.2 Å². The summed E-state index contributed by atoms with van der Waals surface area (Å²) in [6.45, 7) is 0.926. The Morgan fingerprint density at radius 3 is 3.11 bits per heavy atom. The lowest BCUT2D eigenvalue weighted by atomic mass is 9.74. The molecule has 2 saturated carbocycles. The normalized spacial score (nSPS) is 42.9. The maximum atomic E-state index is 6.04. The van der Waals surface area contributed by atoms with E-state index in [0.717, 1.165) is 24.2 Å². The average Bonchev–Trinajstić information content (AvgIpc) is 2.97. The summed E-state index contributed by atoms with van der Waals surface area (Å²) >= 11 is 0. The van der Waals surface area contributed by atoms with Gasteiger partial charge in [-0.15, -0.1) is 0 Å². The molecular formula is C17H18O. The van der Waals surface area contributed by atoms with E-state index in [9.17, 15) is 0 Å². The lowest BCUT2D eigenvalue weighted by molar-refractivity contribution is 0.175. The summed E-state index contributed by atoms with van der Waals surface area (Å²) in [4.78, 5) is 0. The maximum absolute atomic E-state index is 6.04. The van der Waals surface area contributed by atoms with Gasteiger partial charge in [-0.2, -0.15) is 0 Å². The molecule has 0 radical (unpaired) electrons. The molecule has 0 aromatic heterocycles. The lowest BCUT2D eigenvalue weighted by Crippen LogP contribution is -2.29. The predicted molar refractivity (Wildman–Crippen MR) is 71.3 cm³/mol. The second kappa shape index (κ2) is 3.01. The van der Waals surface area contributed by atoms with Gasteiger partial charge in [-0.3, -0.25) is 0 Å². The molecule has 0 amide bonds. The van der Waals surface area contributed by atoms with Crippen LogP contribution in [0.2, 0.25) is 0 Å². The van der Waals surface area contributed by atoms with E-state index in [-0.39, 0.29) is 0 Å². The second-order valence-corrected chi connectivity index (χ2v) is 6.47. The fraction of sp³-hybridized carbons (Fsp3) is 0.529. The molecule has 3 aliphatic carbocycles. The van der Waals surface area contributed by atoms with Crippen molar-refractivity contribution in [3.05, 3.63) is 35.9 Å². The number of hydrogen-bond donors (Lipinski definition) is 0. The van der Waals surface area contributed by atoms with Crippen LogP contribution in [0.15, 0.2) is 30.3 Å². The number of allylic oxidation sites excluding steroid dienone is 1. The Labute approximate surface area is 108 Å². The molecule has 1 heterocycles. The summed E-state index contributed by atoms with van der Waals surface area (Å²) in [6, 6.07) is 8.58. The minimum absolute atomic E-state index is 0.626. The van der Waals surface area contributed by atoms with E-state index < -0.39 is 0 Å². The number of rotatable bonds is 0. The molecule has 1 heteroatoms. The minimum Gasteiger partial charge on any atom is -0.492 e. The summed E-state index contributed by atoms with van der Waals surface area (Å²) < 4.78 is 6.04. The van der Waals surface area contributed by atoms with Crippen LogP contribution in [0.25, 0.3) is 5.57 Å². The van der Waals surface area contributed by atoms with Crippen molar-refractivity contribution in [2.24, 2.45) is 23.2 Å². The quantitative estimate of drug-likeness (QED) is 0.666. The Kier molecular flexibility index (Phi) is 1.62. The van der Waals surface area contributed by atoms with Crippen molar-refractivity contribution in [3.8, 4) is 5.75 Å². The van der Waals surface area contributed by atoms with Gasteiger partial charge in [0.1, 0.15) is 5.75 Å². The van der Waals surface area contributed by atoms with Crippen molar-refractivity contribution in [2.45, 2.75) is 25.7 Å². The van der Waals surface area contributed by atoms with Gasteiger partial charge in [0, 0.05) is 11.5 Å².